The molecule has 0 aromatic heterocycles. The van der Waals surface area contributed by atoms with Crippen LogP contribution in [0.1, 0.15) is 112 Å². The maximum atomic E-state index is 15.0. The first-order valence-electron chi connectivity index (χ1n) is 19.6. The summed E-state index contributed by atoms with van der Waals surface area (Å²) in [6.07, 6.45) is 7.50. The zero-order valence-corrected chi connectivity index (χ0v) is 33.2. The van der Waals surface area contributed by atoms with Crippen LogP contribution in [0.4, 0.5) is 0 Å². The first-order chi connectivity index (χ1) is 25.3. The van der Waals surface area contributed by atoms with Crippen LogP contribution in [-0.2, 0) is 38.2 Å². The van der Waals surface area contributed by atoms with Crippen LogP contribution in [0.15, 0.2) is 47.1 Å². The third-order valence-electron chi connectivity index (χ3n) is 15.4. The fourth-order valence-electron chi connectivity index (χ4n) is 12.3. The van der Waals surface area contributed by atoms with Gasteiger partial charge in [0.05, 0.1) is 17.2 Å². The number of hydrogen-bond acceptors (Lipinski definition) is 10. The van der Waals surface area contributed by atoms with Gasteiger partial charge >= 0.3 is 17.9 Å². The average molecular weight is 747 g/mol. The number of aliphatic hydroxyl groups is 1. The van der Waals surface area contributed by atoms with Gasteiger partial charge in [0, 0.05) is 31.1 Å². The molecule has 4 saturated carbocycles. The van der Waals surface area contributed by atoms with E-state index in [0.29, 0.717) is 44.9 Å². The van der Waals surface area contributed by atoms with Gasteiger partial charge in [0.25, 0.3) is 5.91 Å². The van der Waals surface area contributed by atoms with Gasteiger partial charge in [-0.1, -0.05) is 70.5 Å². The van der Waals surface area contributed by atoms with E-state index < -0.39 is 75.1 Å². The molecule has 0 bridgehead atoms. The highest BCUT2D eigenvalue weighted by Crippen LogP contribution is 2.75. The number of amides is 1. The van der Waals surface area contributed by atoms with Gasteiger partial charge in [-0.25, -0.2) is 5.43 Å². The van der Waals surface area contributed by atoms with Crippen LogP contribution in [0, 0.1) is 50.7 Å². The molecule has 5 aliphatic rings. The number of benzene rings is 1. The van der Waals surface area contributed by atoms with E-state index in [1.165, 1.54) is 20.1 Å². The molecule has 0 radical (unpaired) electrons. The smallest absolute Gasteiger partial charge is 0.313 e. The highest BCUT2D eigenvalue weighted by Gasteiger charge is 2.73. The topological polar surface area (TPSA) is 158 Å². The van der Waals surface area contributed by atoms with Gasteiger partial charge in [-0.15, -0.1) is 0 Å². The number of ether oxygens (including phenoxy) is 3. The van der Waals surface area contributed by atoms with Crippen molar-refractivity contribution >= 4 is 35.8 Å². The Kier molecular flexibility index (Phi) is 10.3. The van der Waals surface area contributed by atoms with Crippen molar-refractivity contribution in [3.05, 3.63) is 47.5 Å². The molecule has 11 heteroatoms. The maximum absolute atomic E-state index is 15.0. The van der Waals surface area contributed by atoms with Crippen molar-refractivity contribution in [2.24, 2.45) is 55.8 Å². The predicted octanol–water partition coefficient (Wildman–Crippen LogP) is 6.11. The lowest BCUT2D eigenvalue weighted by Gasteiger charge is -2.71. The first-order valence-corrected chi connectivity index (χ1v) is 19.6. The van der Waals surface area contributed by atoms with Gasteiger partial charge in [0.15, 0.2) is 12.4 Å². The fraction of sp³-hybridized carbons (Fsp3) is 0.674. The van der Waals surface area contributed by atoms with Gasteiger partial charge in [-0.3, -0.25) is 24.0 Å². The molecule has 1 aromatic rings. The monoisotopic (exact) mass is 746 g/mol. The lowest BCUT2D eigenvalue weighted by Crippen LogP contribution is -2.70. The Hall–Kier alpha value is -3.86. The largest absolute Gasteiger partial charge is 0.465 e. The minimum Gasteiger partial charge on any atom is -0.465 e. The summed E-state index contributed by atoms with van der Waals surface area (Å²) in [5.41, 5.74) is -0.692. The van der Waals surface area contributed by atoms with E-state index >= 15 is 0 Å². The number of nitrogens with one attached hydrogen (secondary N) is 1. The van der Waals surface area contributed by atoms with E-state index in [9.17, 15) is 29.1 Å². The van der Waals surface area contributed by atoms with Gasteiger partial charge < -0.3 is 19.3 Å². The summed E-state index contributed by atoms with van der Waals surface area (Å²) >= 11 is 0. The third-order valence-corrected chi connectivity index (χ3v) is 15.4. The summed E-state index contributed by atoms with van der Waals surface area (Å²) in [7, 11) is 0. The highest BCUT2D eigenvalue weighted by atomic mass is 16.6. The van der Waals surface area contributed by atoms with Gasteiger partial charge in [-0.2, -0.15) is 5.10 Å². The molecule has 11 atom stereocenters. The third kappa shape index (κ3) is 6.22. The maximum Gasteiger partial charge on any atom is 0.313 e. The van der Waals surface area contributed by atoms with Crippen molar-refractivity contribution in [1.29, 1.82) is 0 Å². The molecule has 1 aromatic carbocycles. The molecule has 11 nitrogen and oxygen atoms in total. The Morgan fingerprint density at radius 3 is 2.26 bits per heavy atom. The average Bonchev–Trinajstić information content (AvgIpc) is 3.10. The van der Waals surface area contributed by atoms with E-state index in [4.69, 9.17) is 14.2 Å². The molecule has 6 rings (SSSR count). The second-order valence-corrected chi connectivity index (χ2v) is 18.2. The van der Waals surface area contributed by atoms with E-state index in [0.717, 1.165) is 17.6 Å². The van der Waals surface area contributed by atoms with Crippen LogP contribution in [0.25, 0.3) is 0 Å². The van der Waals surface area contributed by atoms with Crippen molar-refractivity contribution in [3.63, 3.8) is 0 Å². The molecule has 0 aliphatic heterocycles. The first kappa shape index (κ1) is 39.8. The number of carbonyl (C=O) groups excluding carboxylic acids is 5. The number of fused-ring (bicyclic) bond motifs is 7. The highest BCUT2D eigenvalue weighted by molar-refractivity contribution is 5.96. The van der Waals surface area contributed by atoms with Crippen molar-refractivity contribution in [3.8, 4) is 0 Å². The van der Waals surface area contributed by atoms with Crippen molar-refractivity contribution in [1.82, 2.24) is 5.43 Å². The van der Waals surface area contributed by atoms with Crippen LogP contribution < -0.4 is 5.43 Å². The van der Waals surface area contributed by atoms with Crippen LogP contribution in [0.3, 0.4) is 0 Å². The molecular weight excluding hydrogens is 688 g/mol. The molecular formula is C43H58N2O9. The van der Waals surface area contributed by atoms with Crippen LogP contribution >= 0.6 is 0 Å². The molecule has 1 amide bonds. The Balaban J connectivity index is 1.33. The van der Waals surface area contributed by atoms with E-state index in [1.54, 1.807) is 13.0 Å². The Bertz CT molecular complexity index is 1760. The predicted molar refractivity (Wildman–Crippen MR) is 200 cm³/mol. The van der Waals surface area contributed by atoms with Gasteiger partial charge in [-0.05, 0) is 98.0 Å². The fourth-order valence-corrected chi connectivity index (χ4v) is 12.3. The minimum atomic E-state index is -1.33. The lowest BCUT2D eigenvalue weighted by molar-refractivity contribution is -0.229. The normalized spacial score (nSPS) is 41.2. The molecule has 4 fully saturated rings. The van der Waals surface area contributed by atoms with Crippen LogP contribution in [0.5, 0.6) is 0 Å². The lowest BCUT2D eigenvalue weighted by atomic mass is 9.32. The summed E-state index contributed by atoms with van der Waals surface area (Å²) in [6, 6.07) is 9.30. The van der Waals surface area contributed by atoms with Crippen molar-refractivity contribution < 1.29 is 43.3 Å². The second-order valence-electron chi connectivity index (χ2n) is 18.2. The number of nitrogens with zero attached hydrogens (tertiary/aromatic N) is 1. The molecule has 5 aliphatic carbocycles. The summed E-state index contributed by atoms with van der Waals surface area (Å²) < 4.78 is 17.3. The van der Waals surface area contributed by atoms with E-state index in [1.807, 2.05) is 44.2 Å². The van der Waals surface area contributed by atoms with Crippen LogP contribution in [-0.4, -0.2) is 65.8 Å². The number of ketones is 1. The summed E-state index contributed by atoms with van der Waals surface area (Å²) in [5.74, 6) is -3.25. The number of esters is 3. The molecule has 294 valence electrons. The molecule has 54 heavy (non-hydrogen) atoms. The molecule has 0 spiro atoms. The van der Waals surface area contributed by atoms with Gasteiger partial charge in [0.1, 0.15) is 12.7 Å². The summed E-state index contributed by atoms with van der Waals surface area (Å²) in [4.78, 5) is 66.5. The quantitative estimate of drug-likeness (QED) is 0.139. The molecule has 0 unspecified atom stereocenters. The van der Waals surface area contributed by atoms with Crippen LogP contribution in [0.2, 0.25) is 0 Å². The van der Waals surface area contributed by atoms with E-state index in [2.05, 4.69) is 31.3 Å². The number of allylic oxidation sites excluding steroid dienone is 1. The summed E-state index contributed by atoms with van der Waals surface area (Å²) in [5, 5.41) is 16.4. The Labute approximate surface area is 319 Å². The van der Waals surface area contributed by atoms with Gasteiger partial charge in [0.2, 0.25) is 0 Å². The van der Waals surface area contributed by atoms with Crippen molar-refractivity contribution in [2.75, 3.05) is 13.2 Å². The van der Waals surface area contributed by atoms with E-state index in [-0.39, 0.29) is 30.2 Å². The Morgan fingerprint density at radius 2 is 1.59 bits per heavy atom. The SMILES string of the molecule is CC(=O)OC[C@]1(C)[C@@H]2CC[C@]3(C)[C@H](C(=O)C=C4[C@H]5[C@](C(=O)OCC(=O)N/N=C/c6ccccc6)(CC[C@@H](C)[C@@]5(C)O)CC[C@]43C)[C@@]2(C)CC[C@@H]1OC(C)=O. The molecule has 2 N–H and O–H groups in total. The number of hydrazone groups is 1. The standard InChI is InChI=1S/C43H58N2O9/c1-26-14-19-43(37(50)52-24-34(49)45-44-23-29-12-10-9-11-13-29)21-20-40(6)30(35(43)42(26,8)51)22-31(48)36-38(4)17-16-33(54-28(3)47)39(5,25-53-27(2)46)32(38)15-18-41(36,40)7/h9-13,22-23,26,32-33,35-36,51H,14-21,24-25H2,1-8H3,(H,45,49)/b44-23+/t26-,32-,33+,35-,36-,38+,39-,40-,41-,42-,43+/m1/s1. The summed E-state index contributed by atoms with van der Waals surface area (Å²) in [6.45, 7) is 14.8. The second kappa shape index (κ2) is 14.0. The number of hydrogen-bond donors (Lipinski definition) is 2. The molecule has 0 heterocycles. The minimum absolute atomic E-state index is 0.0215. The molecule has 0 saturated heterocycles. The number of carbonyl (C=O) groups is 5. The van der Waals surface area contributed by atoms with Crippen molar-refractivity contribution in [2.45, 2.75) is 118 Å². The number of rotatable bonds is 8. The zero-order valence-electron chi connectivity index (χ0n) is 33.2. The zero-order chi connectivity index (χ0) is 39.5. The Morgan fingerprint density at radius 1 is 0.889 bits per heavy atom.